The van der Waals surface area contributed by atoms with E-state index in [9.17, 15) is 14.4 Å². The van der Waals surface area contributed by atoms with Crippen LogP contribution in [0.3, 0.4) is 0 Å². The minimum Gasteiger partial charge on any atom is -0.420 e. The lowest BCUT2D eigenvalue weighted by Gasteiger charge is -2.31. The molecule has 0 aliphatic heterocycles. The Morgan fingerprint density at radius 1 is 0.868 bits per heavy atom. The van der Waals surface area contributed by atoms with Crippen molar-refractivity contribution in [1.82, 2.24) is 0 Å². The van der Waals surface area contributed by atoms with Crippen molar-refractivity contribution < 1.29 is 52.9 Å². The Balaban J connectivity index is 5.08. The third kappa shape index (κ3) is 15.5. The van der Waals surface area contributed by atoms with E-state index in [0.29, 0.717) is 12.2 Å². The highest BCUT2D eigenvalue weighted by molar-refractivity contribution is 5.87. The average Bonchev–Trinajstić information content (AvgIpc) is 2.74. The van der Waals surface area contributed by atoms with Gasteiger partial charge in [0.15, 0.2) is 0 Å². The van der Waals surface area contributed by atoms with E-state index in [-0.39, 0.29) is 5.76 Å². The van der Waals surface area contributed by atoms with Crippen LogP contribution in [0.2, 0.25) is 0 Å². The van der Waals surface area contributed by atoms with Crippen LogP contribution in [0.1, 0.15) is 102 Å². The van der Waals surface area contributed by atoms with E-state index in [1.807, 2.05) is 27.7 Å². The molecule has 0 N–H and O–H groups in total. The summed E-state index contributed by atoms with van der Waals surface area (Å²) in [5, 5.41) is 0. The van der Waals surface area contributed by atoms with Crippen molar-refractivity contribution in [2.24, 2.45) is 5.41 Å². The van der Waals surface area contributed by atoms with Gasteiger partial charge in [0, 0.05) is 19.3 Å². The molecule has 0 aromatic heterocycles. The zero-order valence-electron chi connectivity index (χ0n) is 24.8. The monoisotopic (exact) mass is 546 g/mol. The van der Waals surface area contributed by atoms with Crippen molar-refractivity contribution in [1.29, 1.82) is 0 Å². The number of hydrogen-bond acceptors (Lipinski definition) is 11. The lowest BCUT2D eigenvalue weighted by Crippen LogP contribution is -2.40. The van der Waals surface area contributed by atoms with Crippen LogP contribution in [0.5, 0.6) is 0 Å². The highest BCUT2D eigenvalue weighted by atomic mass is 17.2. The van der Waals surface area contributed by atoms with Gasteiger partial charge in [-0.3, -0.25) is 0 Å². The smallest absolute Gasteiger partial charge is 0.420 e. The molecule has 11 nitrogen and oxygen atoms in total. The van der Waals surface area contributed by atoms with E-state index in [1.165, 1.54) is 13.8 Å². The van der Waals surface area contributed by atoms with Gasteiger partial charge in [0.1, 0.15) is 11.9 Å². The van der Waals surface area contributed by atoms with Gasteiger partial charge in [-0.2, -0.15) is 9.78 Å². The molecule has 0 aliphatic rings. The van der Waals surface area contributed by atoms with Gasteiger partial charge >= 0.3 is 18.1 Å². The number of unbranched alkanes of at least 4 members (excludes halogenated alkanes) is 1. The van der Waals surface area contributed by atoms with E-state index < -0.39 is 41.2 Å². The summed E-state index contributed by atoms with van der Waals surface area (Å²) in [5.41, 5.74) is -0.856. The van der Waals surface area contributed by atoms with Gasteiger partial charge in [-0.15, -0.1) is 0 Å². The number of allylic oxidation sites excluding steroid dienone is 1. The summed E-state index contributed by atoms with van der Waals surface area (Å²) in [4.78, 5) is 57.7. The molecule has 11 heteroatoms. The zero-order valence-corrected chi connectivity index (χ0v) is 24.8. The lowest BCUT2D eigenvalue weighted by molar-refractivity contribution is -0.317. The fourth-order valence-electron chi connectivity index (χ4n) is 2.65. The SMILES string of the molecule is CCCCOOC(C(=O)OC(OC(=O)OC(C)(C)OC(=O)C=COOC(C)(C)CCC)C(C)(C)C)=C(C)C. The van der Waals surface area contributed by atoms with Crippen LogP contribution in [0.15, 0.2) is 23.7 Å². The molecule has 0 aliphatic carbocycles. The summed E-state index contributed by atoms with van der Waals surface area (Å²) >= 11 is 0. The topological polar surface area (TPSA) is 125 Å². The van der Waals surface area contributed by atoms with Gasteiger partial charge in [-0.05, 0) is 46.1 Å². The first-order chi connectivity index (χ1) is 17.4. The number of carbonyl (C=O) groups is 3. The average molecular weight is 547 g/mol. The van der Waals surface area contributed by atoms with Crippen LogP contribution < -0.4 is 0 Å². The number of esters is 2. The molecule has 0 bridgehead atoms. The molecule has 1 unspecified atom stereocenters. The van der Waals surface area contributed by atoms with E-state index in [1.54, 1.807) is 34.6 Å². The number of ether oxygens (including phenoxy) is 4. The van der Waals surface area contributed by atoms with E-state index >= 15 is 0 Å². The van der Waals surface area contributed by atoms with Crippen molar-refractivity contribution >= 4 is 18.1 Å². The first-order valence-corrected chi connectivity index (χ1v) is 12.8. The molecule has 0 radical (unpaired) electrons. The zero-order chi connectivity index (χ0) is 29.6. The fraction of sp³-hybridized carbons (Fsp3) is 0.741. The van der Waals surface area contributed by atoms with Gasteiger partial charge in [0.05, 0.1) is 12.7 Å². The van der Waals surface area contributed by atoms with Crippen LogP contribution in [0.25, 0.3) is 0 Å². The molecular weight excluding hydrogens is 500 g/mol. The van der Waals surface area contributed by atoms with Crippen LogP contribution in [0.4, 0.5) is 4.79 Å². The predicted octanol–water partition coefficient (Wildman–Crippen LogP) is 6.42. The Hall–Kier alpha value is -2.79. The summed E-state index contributed by atoms with van der Waals surface area (Å²) in [6, 6.07) is 0. The summed E-state index contributed by atoms with van der Waals surface area (Å²) < 4.78 is 20.9. The number of carbonyl (C=O) groups excluding carboxylic acids is 3. The Kier molecular flexibility index (Phi) is 15.0. The molecule has 1 atom stereocenters. The van der Waals surface area contributed by atoms with Gasteiger partial charge in [-0.1, -0.05) is 47.5 Å². The maximum atomic E-state index is 12.7. The van der Waals surface area contributed by atoms with Crippen molar-refractivity contribution in [3.8, 4) is 0 Å². The maximum Gasteiger partial charge on any atom is 0.514 e. The summed E-state index contributed by atoms with van der Waals surface area (Å²) in [6.45, 7) is 19.0. The van der Waals surface area contributed by atoms with Gasteiger partial charge in [-0.25, -0.2) is 14.4 Å². The lowest BCUT2D eigenvalue weighted by atomic mass is 9.96. The molecular formula is C27H46O11. The molecule has 0 fully saturated rings. The van der Waals surface area contributed by atoms with Gasteiger partial charge in [0.25, 0.3) is 12.1 Å². The fourth-order valence-corrected chi connectivity index (χ4v) is 2.65. The molecule has 0 amide bonds. The molecule has 0 saturated heterocycles. The number of rotatable bonds is 16. The van der Waals surface area contributed by atoms with Crippen molar-refractivity contribution in [2.75, 3.05) is 6.61 Å². The molecule has 0 aromatic carbocycles. The first kappa shape index (κ1) is 35.2. The molecule has 0 heterocycles. The Bertz CT molecular complexity index is 815. The minimum absolute atomic E-state index is 0.155. The largest absolute Gasteiger partial charge is 0.514 e. The summed E-state index contributed by atoms with van der Waals surface area (Å²) in [6.07, 6.45) is 2.71. The Morgan fingerprint density at radius 2 is 1.50 bits per heavy atom. The summed E-state index contributed by atoms with van der Waals surface area (Å²) in [7, 11) is 0. The molecule has 0 saturated carbocycles. The molecule has 0 rings (SSSR count). The van der Waals surface area contributed by atoms with Crippen LogP contribution in [-0.4, -0.2) is 42.4 Å². The quantitative estimate of drug-likeness (QED) is 0.0405. The third-order valence-electron chi connectivity index (χ3n) is 4.55. The normalized spacial score (nSPS) is 12.9. The molecule has 0 spiro atoms. The molecule has 220 valence electrons. The maximum absolute atomic E-state index is 12.7. The Morgan fingerprint density at radius 3 is 2.03 bits per heavy atom. The third-order valence-corrected chi connectivity index (χ3v) is 4.55. The predicted molar refractivity (Wildman–Crippen MR) is 138 cm³/mol. The van der Waals surface area contributed by atoms with Gasteiger partial charge < -0.3 is 28.7 Å². The highest BCUT2D eigenvalue weighted by Crippen LogP contribution is 2.26. The second-order valence-electron chi connectivity index (χ2n) is 11.0. The highest BCUT2D eigenvalue weighted by Gasteiger charge is 2.37. The van der Waals surface area contributed by atoms with E-state index in [4.69, 9.17) is 38.5 Å². The van der Waals surface area contributed by atoms with Crippen LogP contribution in [-0.2, 0) is 48.1 Å². The second-order valence-corrected chi connectivity index (χ2v) is 11.0. The standard InChI is InChI=1S/C27H46O11/c1-12-14-17-31-37-21(19(3)4)22(29)33-23(25(5,6)7)34-24(30)36-27(10,11)35-20(28)15-18-32-38-26(8,9)16-13-2/h15,18,23H,12-14,16-17H2,1-11H3. The second kappa shape index (κ2) is 16.2. The Labute approximate surface area is 226 Å². The summed E-state index contributed by atoms with van der Waals surface area (Å²) in [5.74, 6) is -3.60. The molecule has 38 heavy (non-hydrogen) atoms. The first-order valence-electron chi connectivity index (χ1n) is 12.8. The molecule has 0 aromatic rings. The van der Waals surface area contributed by atoms with E-state index in [0.717, 1.165) is 38.0 Å². The van der Waals surface area contributed by atoms with Gasteiger partial charge in [0.2, 0.25) is 5.76 Å². The number of hydrogen-bond donors (Lipinski definition) is 0. The van der Waals surface area contributed by atoms with Crippen LogP contribution in [0, 0.1) is 5.41 Å². The minimum atomic E-state index is -1.71. The van der Waals surface area contributed by atoms with Crippen molar-refractivity contribution in [3.63, 3.8) is 0 Å². The van der Waals surface area contributed by atoms with Crippen molar-refractivity contribution in [2.45, 2.75) is 120 Å². The van der Waals surface area contributed by atoms with Crippen LogP contribution >= 0.6 is 0 Å². The van der Waals surface area contributed by atoms with Crippen molar-refractivity contribution in [3.05, 3.63) is 23.7 Å². The van der Waals surface area contributed by atoms with E-state index in [2.05, 4.69) is 0 Å².